The Labute approximate surface area is 226 Å². The normalized spacial score (nSPS) is 14.4. The van der Waals surface area contributed by atoms with Crippen LogP contribution < -0.4 is 0 Å². The molecule has 0 saturated heterocycles. The summed E-state index contributed by atoms with van der Waals surface area (Å²) in [4.78, 5) is 32.7. The second kappa shape index (κ2) is 12.1. The molecule has 0 spiro atoms. The lowest BCUT2D eigenvalue weighted by Crippen LogP contribution is -2.48. The third-order valence-electron chi connectivity index (χ3n) is 7.45. The predicted molar refractivity (Wildman–Crippen MR) is 153 cm³/mol. The number of aryl methyl sites for hydroxylation is 1. The van der Waals surface area contributed by atoms with Gasteiger partial charge in [-0.15, -0.1) is 11.3 Å². The summed E-state index contributed by atoms with van der Waals surface area (Å²) in [6.45, 7) is 9.82. The first kappa shape index (κ1) is 27.1. The summed E-state index contributed by atoms with van der Waals surface area (Å²) in [7, 11) is 0. The van der Waals surface area contributed by atoms with Crippen molar-refractivity contribution >= 4 is 23.2 Å². The molecule has 0 atom stereocenters. The van der Waals surface area contributed by atoms with Crippen LogP contribution in [0.2, 0.25) is 0 Å². The third-order valence-corrected chi connectivity index (χ3v) is 8.46. The standard InChI is InChI=1S/C32H40N2O2S/c1-24-19-20-37-29(24)22-33(21-25-11-7-5-8-12-25)30(35)23-34(28-13-9-6-10-14-28)31(36)26-15-17-27(18-16-26)32(2,3)4/h5,7-8,11-12,15-20,28H,6,9-10,13-14,21-23H2,1-4H3. The minimum absolute atomic E-state index is 0.00175. The molecule has 1 aromatic heterocycles. The van der Waals surface area contributed by atoms with Crippen LogP contribution >= 0.6 is 11.3 Å². The van der Waals surface area contributed by atoms with E-state index in [9.17, 15) is 9.59 Å². The first-order chi connectivity index (χ1) is 17.7. The van der Waals surface area contributed by atoms with Crippen molar-refractivity contribution in [2.75, 3.05) is 6.54 Å². The van der Waals surface area contributed by atoms with Crippen LogP contribution in [0, 0.1) is 6.92 Å². The number of thiophene rings is 1. The lowest BCUT2D eigenvalue weighted by atomic mass is 9.86. The van der Waals surface area contributed by atoms with Crippen molar-refractivity contribution in [1.82, 2.24) is 9.80 Å². The van der Waals surface area contributed by atoms with Gasteiger partial charge in [0.2, 0.25) is 5.91 Å². The largest absolute Gasteiger partial charge is 0.332 e. The van der Waals surface area contributed by atoms with E-state index in [0.29, 0.717) is 18.7 Å². The summed E-state index contributed by atoms with van der Waals surface area (Å²) in [5.74, 6) is -0.0328. The highest BCUT2D eigenvalue weighted by atomic mass is 32.1. The first-order valence-corrected chi connectivity index (χ1v) is 14.4. The molecule has 37 heavy (non-hydrogen) atoms. The number of carbonyl (C=O) groups is 2. The number of nitrogens with zero attached hydrogens (tertiary/aromatic N) is 2. The zero-order chi connectivity index (χ0) is 26.4. The SMILES string of the molecule is Cc1ccsc1CN(Cc1ccccc1)C(=O)CN(C(=O)c1ccc(C(C)(C)C)cc1)C1CCCCC1. The smallest absolute Gasteiger partial charge is 0.254 e. The van der Waals surface area contributed by atoms with Crippen molar-refractivity contribution in [3.63, 3.8) is 0 Å². The van der Waals surface area contributed by atoms with Gasteiger partial charge in [-0.25, -0.2) is 0 Å². The molecule has 1 saturated carbocycles. The van der Waals surface area contributed by atoms with Gasteiger partial charge in [0, 0.05) is 23.0 Å². The molecule has 1 aliphatic rings. The van der Waals surface area contributed by atoms with E-state index in [1.165, 1.54) is 22.4 Å². The second-order valence-corrected chi connectivity index (χ2v) is 12.3. The van der Waals surface area contributed by atoms with Crippen LogP contribution in [-0.4, -0.2) is 34.2 Å². The van der Waals surface area contributed by atoms with Gasteiger partial charge in [-0.1, -0.05) is 82.5 Å². The van der Waals surface area contributed by atoms with E-state index in [4.69, 9.17) is 0 Å². The van der Waals surface area contributed by atoms with Crippen LogP contribution in [0.15, 0.2) is 66.0 Å². The van der Waals surface area contributed by atoms with E-state index >= 15 is 0 Å². The molecule has 0 unspecified atom stereocenters. The highest BCUT2D eigenvalue weighted by Gasteiger charge is 2.30. The zero-order valence-corrected chi connectivity index (χ0v) is 23.5. The van der Waals surface area contributed by atoms with Gasteiger partial charge in [0.1, 0.15) is 6.54 Å². The number of hydrogen-bond donors (Lipinski definition) is 0. The van der Waals surface area contributed by atoms with Crippen LogP contribution in [0.1, 0.15) is 84.8 Å². The van der Waals surface area contributed by atoms with Crippen molar-refractivity contribution in [2.45, 2.75) is 84.3 Å². The molecule has 0 bridgehead atoms. The molecule has 2 amide bonds. The van der Waals surface area contributed by atoms with Crippen molar-refractivity contribution < 1.29 is 9.59 Å². The topological polar surface area (TPSA) is 40.6 Å². The van der Waals surface area contributed by atoms with Gasteiger partial charge in [0.05, 0.1) is 6.54 Å². The van der Waals surface area contributed by atoms with Crippen molar-refractivity contribution in [2.24, 2.45) is 0 Å². The second-order valence-electron chi connectivity index (χ2n) is 11.3. The van der Waals surface area contributed by atoms with Crippen LogP contribution in [0.4, 0.5) is 0 Å². The van der Waals surface area contributed by atoms with Gasteiger partial charge in [-0.05, 0) is 65.4 Å². The van der Waals surface area contributed by atoms with Crippen LogP contribution in [0.25, 0.3) is 0 Å². The fraction of sp³-hybridized carbons (Fsp3) is 0.438. The molecule has 3 aromatic rings. The number of rotatable bonds is 8. The molecule has 1 aliphatic carbocycles. The van der Waals surface area contributed by atoms with Crippen LogP contribution in [0.5, 0.6) is 0 Å². The molecule has 196 valence electrons. The van der Waals surface area contributed by atoms with Crippen molar-refractivity contribution in [3.05, 3.63) is 93.2 Å². The van der Waals surface area contributed by atoms with Crippen LogP contribution in [-0.2, 0) is 23.3 Å². The van der Waals surface area contributed by atoms with Crippen molar-refractivity contribution in [1.29, 1.82) is 0 Å². The number of hydrogen-bond acceptors (Lipinski definition) is 3. The molecule has 2 aromatic carbocycles. The van der Waals surface area contributed by atoms with Gasteiger partial charge < -0.3 is 9.80 Å². The van der Waals surface area contributed by atoms with Crippen LogP contribution in [0.3, 0.4) is 0 Å². The maximum Gasteiger partial charge on any atom is 0.254 e. The molecule has 4 rings (SSSR count). The molecular weight excluding hydrogens is 476 g/mol. The highest BCUT2D eigenvalue weighted by molar-refractivity contribution is 7.10. The minimum atomic E-state index is -0.0346. The Kier molecular flexibility index (Phi) is 8.86. The summed E-state index contributed by atoms with van der Waals surface area (Å²) in [5, 5.41) is 2.08. The van der Waals surface area contributed by atoms with E-state index in [-0.39, 0.29) is 29.8 Å². The number of benzene rings is 2. The zero-order valence-electron chi connectivity index (χ0n) is 22.7. The first-order valence-electron chi connectivity index (χ1n) is 13.5. The van der Waals surface area contributed by atoms with Gasteiger partial charge in [-0.3, -0.25) is 9.59 Å². The fourth-order valence-corrected chi connectivity index (χ4v) is 5.98. The third kappa shape index (κ3) is 7.10. The quantitative estimate of drug-likeness (QED) is 0.314. The molecular formula is C32H40N2O2S. The monoisotopic (exact) mass is 516 g/mol. The Hall–Kier alpha value is -2.92. The maximum absolute atomic E-state index is 13.9. The van der Waals surface area contributed by atoms with E-state index in [1.54, 1.807) is 11.3 Å². The average molecular weight is 517 g/mol. The van der Waals surface area contributed by atoms with Gasteiger partial charge >= 0.3 is 0 Å². The molecule has 4 nitrogen and oxygen atoms in total. The molecule has 5 heteroatoms. The van der Waals surface area contributed by atoms with E-state index < -0.39 is 0 Å². The Morgan fingerprint density at radius 1 is 0.892 bits per heavy atom. The molecule has 0 N–H and O–H groups in total. The Bertz CT molecular complexity index is 1170. The lowest BCUT2D eigenvalue weighted by molar-refractivity contribution is -0.133. The molecule has 1 heterocycles. The summed E-state index contributed by atoms with van der Waals surface area (Å²) >= 11 is 1.68. The summed E-state index contributed by atoms with van der Waals surface area (Å²) in [6.07, 6.45) is 5.33. The maximum atomic E-state index is 13.9. The van der Waals surface area contributed by atoms with E-state index in [1.807, 2.05) is 40.1 Å². The fourth-order valence-electron chi connectivity index (χ4n) is 5.06. The highest BCUT2D eigenvalue weighted by Crippen LogP contribution is 2.27. The molecule has 0 radical (unpaired) electrons. The average Bonchev–Trinajstić information content (AvgIpc) is 3.31. The Balaban J connectivity index is 1.59. The summed E-state index contributed by atoms with van der Waals surface area (Å²) in [6, 6.07) is 20.3. The predicted octanol–water partition coefficient (Wildman–Crippen LogP) is 7.36. The van der Waals surface area contributed by atoms with Gasteiger partial charge in [0.15, 0.2) is 0 Å². The number of carbonyl (C=O) groups excluding carboxylic acids is 2. The van der Waals surface area contributed by atoms with E-state index in [0.717, 1.165) is 31.2 Å². The van der Waals surface area contributed by atoms with Crippen molar-refractivity contribution in [3.8, 4) is 0 Å². The van der Waals surface area contributed by atoms with Gasteiger partial charge in [-0.2, -0.15) is 0 Å². The molecule has 1 fully saturated rings. The summed E-state index contributed by atoms with van der Waals surface area (Å²) in [5.41, 5.74) is 4.19. The Morgan fingerprint density at radius 3 is 2.16 bits per heavy atom. The molecule has 0 aliphatic heterocycles. The van der Waals surface area contributed by atoms with E-state index in [2.05, 4.69) is 63.4 Å². The number of amides is 2. The Morgan fingerprint density at radius 2 is 1.57 bits per heavy atom. The van der Waals surface area contributed by atoms with Gasteiger partial charge in [0.25, 0.3) is 5.91 Å². The minimum Gasteiger partial charge on any atom is -0.332 e. The summed E-state index contributed by atoms with van der Waals surface area (Å²) < 4.78 is 0. The lowest BCUT2D eigenvalue weighted by Gasteiger charge is -2.35.